The van der Waals surface area contributed by atoms with Crippen molar-refractivity contribution in [3.8, 4) is 0 Å². The first kappa shape index (κ1) is 15.0. The third kappa shape index (κ3) is 2.71. The van der Waals surface area contributed by atoms with E-state index in [-0.39, 0.29) is 24.5 Å². The van der Waals surface area contributed by atoms with Gasteiger partial charge in [0.2, 0.25) is 0 Å². The first-order valence-corrected chi connectivity index (χ1v) is 7.01. The molecule has 1 aromatic carbocycles. The number of carbonyl (C=O) groups is 1. The van der Waals surface area contributed by atoms with Gasteiger partial charge >= 0.3 is 6.09 Å². The van der Waals surface area contributed by atoms with Crippen LogP contribution in [0.5, 0.6) is 0 Å². The van der Waals surface area contributed by atoms with Crippen LogP contribution in [0.4, 0.5) is 25.0 Å². The lowest BCUT2D eigenvalue weighted by Crippen LogP contribution is -2.37. The van der Waals surface area contributed by atoms with Crippen molar-refractivity contribution in [3.05, 3.63) is 23.8 Å². The van der Waals surface area contributed by atoms with Gasteiger partial charge in [-0.25, -0.2) is 13.6 Å². The predicted molar refractivity (Wildman–Crippen MR) is 74.1 cm³/mol. The van der Waals surface area contributed by atoms with Crippen LogP contribution in [-0.2, 0) is 9.47 Å². The Bertz CT molecular complexity index is 555. The molecule has 2 saturated heterocycles. The summed E-state index contributed by atoms with van der Waals surface area (Å²) in [5.41, 5.74) is -0.0359. The molecular formula is C14H16F2N2O4. The molecule has 0 aliphatic carbocycles. The molecule has 0 spiro atoms. The molecule has 2 fully saturated rings. The van der Waals surface area contributed by atoms with Crippen LogP contribution in [0.3, 0.4) is 0 Å². The summed E-state index contributed by atoms with van der Waals surface area (Å²) < 4.78 is 38.6. The largest absolute Gasteiger partial charge is 0.441 e. The molecule has 1 amide bonds. The van der Waals surface area contributed by atoms with Crippen molar-refractivity contribution in [2.45, 2.75) is 6.10 Å². The van der Waals surface area contributed by atoms with Crippen LogP contribution >= 0.6 is 0 Å². The van der Waals surface area contributed by atoms with E-state index >= 15 is 0 Å². The van der Waals surface area contributed by atoms with Crippen molar-refractivity contribution in [1.82, 2.24) is 0 Å². The summed E-state index contributed by atoms with van der Waals surface area (Å²) in [4.78, 5) is 14.4. The second-order valence-electron chi connectivity index (χ2n) is 5.16. The number of morpholine rings is 1. The highest BCUT2D eigenvalue weighted by atomic mass is 19.1. The van der Waals surface area contributed by atoms with Crippen LogP contribution in [0.15, 0.2) is 12.1 Å². The molecule has 2 heterocycles. The number of carbonyl (C=O) groups excluding carboxylic acids is 1. The third-order valence-electron chi connectivity index (χ3n) is 3.72. The third-order valence-corrected chi connectivity index (χ3v) is 3.72. The fraction of sp³-hybridized carbons (Fsp3) is 0.500. The highest BCUT2D eigenvalue weighted by Gasteiger charge is 2.33. The number of amides is 1. The summed E-state index contributed by atoms with van der Waals surface area (Å²) >= 11 is 0. The first-order chi connectivity index (χ1) is 10.6. The number of ether oxygens (including phenoxy) is 2. The standard InChI is InChI=1S/C14H16F2N2O4/c15-11-5-9(18-7-10(8-19)22-14(18)20)6-12(16)13(11)17-1-3-21-4-2-17/h5-6,10,19H,1-4,7-8H2. The van der Waals surface area contributed by atoms with Gasteiger partial charge in [0, 0.05) is 25.2 Å². The first-order valence-electron chi connectivity index (χ1n) is 7.01. The maximum atomic E-state index is 14.3. The second-order valence-corrected chi connectivity index (χ2v) is 5.16. The van der Waals surface area contributed by atoms with Gasteiger partial charge in [-0.15, -0.1) is 0 Å². The summed E-state index contributed by atoms with van der Waals surface area (Å²) in [7, 11) is 0. The monoisotopic (exact) mass is 314 g/mol. The van der Waals surface area contributed by atoms with Crippen LogP contribution in [0.2, 0.25) is 0 Å². The van der Waals surface area contributed by atoms with Crippen molar-refractivity contribution in [2.24, 2.45) is 0 Å². The lowest BCUT2D eigenvalue weighted by atomic mass is 10.2. The van der Waals surface area contributed by atoms with Gasteiger partial charge < -0.3 is 19.5 Å². The number of aliphatic hydroxyl groups excluding tert-OH is 1. The Balaban J connectivity index is 1.87. The van der Waals surface area contributed by atoms with Crippen molar-refractivity contribution >= 4 is 17.5 Å². The predicted octanol–water partition coefficient (Wildman–Crippen LogP) is 1.12. The van der Waals surface area contributed by atoms with E-state index in [1.807, 2.05) is 0 Å². The van der Waals surface area contributed by atoms with Crippen LogP contribution in [-0.4, -0.2) is 56.8 Å². The smallest absolute Gasteiger partial charge is 0.414 e. The van der Waals surface area contributed by atoms with E-state index in [1.54, 1.807) is 4.90 Å². The molecule has 1 atom stereocenters. The maximum absolute atomic E-state index is 14.3. The Morgan fingerprint density at radius 2 is 1.86 bits per heavy atom. The van der Waals surface area contributed by atoms with Gasteiger partial charge in [0.25, 0.3) is 0 Å². The van der Waals surface area contributed by atoms with E-state index in [0.717, 1.165) is 17.0 Å². The minimum absolute atomic E-state index is 0.0606. The zero-order chi connectivity index (χ0) is 15.7. The van der Waals surface area contributed by atoms with Crippen molar-refractivity contribution in [2.75, 3.05) is 49.3 Å². The zero-order valence-corrected chi connectivity index (χ0v) is 11.8. The van der Waals surface area contributed by atoms with Gasteiger partial charge in [-0.05, 0) is 0 Å². The Morgan fingerprint density at radius 3 is 2.41 bits per heavy atom. The minimum atomic E-state index is -0.739. The Labute approximate surface area is 125 Å². The number of nitrogens with zero attached hydrogens (tertiary/aromatic N) is 2. The van der Waals surface area contributed by atoms with Gasteiger partial charge in [0.05, 0.1) is 32.1 Å². The number of hydrogen-bond donors (Lipinski definition) is 1. The molecule has 2 aliphatic rings. The molecule has 1 aromatic rings. The quantitative estimate of drug-likeness (QED) is 0.906. The molecule has 1 unspecified atom stereocenters. The Morgan fingerprint density at radius 1 is 1.23 bits per heavy atom. The van der Waals surface area contributed by atoms with E-state index in [2.05, 4.69) is 0 Å². The minimum Gasteiger partial charge on any atom is -0.441 e. The maximum Gasteiger partial charge on any atom is 0.414 e. The topological polar surface area (TPSA) is 62.2 Å². The lowest BCUT2D eigenvalue weighted by Gasteiger charge is -2.29. The molecular weight excluding hydrogens is 298 g/mol. The lowest BCUT2D eigenvalue weighted by molar-refractivity contribution is 0.0963. The molecule has 120 valence electrons. The van der Waals surface area contributed by atoms with E-state index in [1.165, 1.54) is 0 Å². The van der Waals surface area contributed by atoms with Crippen LogP contribution in [0.25, 0.3) is 0 Å². The molecule has 3 rings (SSSR count). The molecule has 22 heavy (non-hydrogen) atoms. The van der Waals surface area contributed by atoms with Crippen LogP contribution in [0, 0.1) is 11.6 Å². The number of cyclic esters (lactones) is 1. The summed E-state index contributed by atoms with van der Waals surface area (Å²) in [6, 6.07) is 2.21. The van der Waals surface area contributed by atoms with E-state index in [4.69, 9.17) is 14.6 Å². The molecule has 0 saturated carbocycles. The van der Waals surface area contributed by atoms with Crippen molar-refractivity contribution in [3.63, 3.8) is 0 Å². The van der Waals surface area contributed by atoms with Gasteiger partial charge in [0.1, 0.15) is 11.8 Å². The second kappa shape index (κ2) is 6.05. The molecule has 8 heteroatoms. The average Bonchev–Trinajstić information content (AvgIpc) is 2.89. The number of benzene rings is 1. The average molecular weight is 314 g/mol. The van der Waals surface area contributed by atoms with E-state index in [9.17, 15) is 13.6 Å². The van der Waals surface area contributed by atoms with Gasteiger partial charge in [-0.3, -0.25) is 4.90 Å². The van der Waals surface area contributed by atoms with Gasteiger partial charge in [0.15, 0.2) is 11.6 Å². The summed E-state index contributed by atoms with van der Waals surface area (Å²) in [5, 5.41) is 9.00. The highest BCUT2D eigenvalue weighted by molar-refractivity contribution is 5.90. The number of hydrogen-bond acceptors (Lipinski definition) is 5. The number of halogens is 2. The summed E-state index contributed by atoms with van der Waals surface area (Å²) in [6.07, 6.45) is -1.41. The van der Waals surface area contributed by atoms with Gasteiger partial charge in [-0.1, -0.05) is 0 Å². The molecule has 6 nitrogen and oxygen atoms in total. The van der Waals surface area contributed by atoms with E-state index in [0.29, 0.717) is 26.3 Å². The molecule has 0 bridgehead atoms. The fourth-order valence-corrected chi connectivity index (χ4v) is 2.62. The summed E-state index contributed by atoms with van der Waals surface area (Å²) in [5.74, 6) is -1.48. The van der Waals surface area contributed by atoms with Gasteiger partial charge in [-0.2, -0.15) is 0 Å². The highest BCUT2D eigenvalue weighted by Crippen LogP contribution is 2.31. The van der Waals surface area contributed by atoms with Crippen LogP contribution < -0.4 is 9.80 Å². The number of anilines is 2. The Kier molecular flexibility index (Phi) is 4.12. The normalized spacial score (nSPS) is 22.1. The fourth-order valence-electron chi connectivity index (χ4n) is 2.62. The molecule has 1 N–H and O–H groups in total. The SMILES string of the molecule is O=C1OC(CO)CN1c1cc(F)c(N2CCOCC2)c(F)c1. The molecule has 2 aliphatic heterocycles. The van der Waals surface area contributed by atoms with Crippen molar-refractivity contribution < 1.29 is 28.2 Å². The number of aliphatic hydroxyl groups is 1. The number of rotatable bonds is 3. The molecule has 0 aromatic heterocycles. The Hall–Kier alpha value is -1.93. The van der Waals surface area contributed by atoms with E-state index < -0.39 is 23.8 Å². The van der Waals surface area contributed by atoms with Crippen LogP contribution in [0.1, 0.15) is 0 Å². The molecule has 0 radical (unpaired) electrons. The summed E-state index contributed by atoms with van der Waals surface area (Å²) in [6.45, 7) is 1.37. The van der Waals surface area contributed by atoms with Crippen molar-refractivity contribution in [1.29, 1.82) is 0 Å². The zero-order valence-electron chi connectivity index (χ0n) is 11.8.